The molecule has 2 aliphatic heterocycles. The molecule has 0 fully saturated rings. The normalized spacial score (nSPS) is 18.0. The number of ether oxygens (including phenoxy) is 1. The third kappa shape index (κ3) is 2.64. The molecule has 2 aliphatic rings. The lowest BCUT2D eigenvalue weighted by atomic mass is 10.1. The fourth-order valence-corrected chi connectivity index (χ4v) is 3.09. The van der Waals surface area contributed by atoms with Crippen LogP contribution in [0.3, 0.4) is 0 Å². The standard InChI is InChI=1S/C17H13ClN2O3/c18-11-1-4-14-10(5-11)7-15(23-14)17(22)19-12-2-3-13-9(6-12)8-16(21)20-13/h1-6,15H,7-8H2,(H,19,22)(H,20,21)/t15-/m1/s1. The van der Waals surface area contributed by atoms with Gasteiger partial charge in [-0.3, -0.25) is 9.59 Å². The summed E-state index contributed by atoms with van der Waals surface area (Å²) in [7, 11) is 0. The molecule has 6 heteroatoms. The molecule has 2 N–H and O–H groups in total. The maximum Gasteiger partial charge on any atom is 0.265 e. The molecular formula is C17H13ClN2O3. The second kappa shape index (κ2) is 5.28. The van der Waals surface area contributed by atoms with Gasteiger partial charge in [-0.05, 0) is 47.5 Å². The van der Waals surface area contributed by atoms with E-state index in [4.69, 9.17) is 16.3 Å². The number of amides is 2. The predicted molar refractivity (Wildman–Crippen MR) is 87.0 cm³/mol. The largest absolute Gasteiger partial charge is 0.480 e. The summed E-state index contributed by atoms with van der Waals surface area (Å²) in [6.45, 7) is 0. The van der Waals surface area contributed by atoms with Gasteiger partial charge in [-0.25, -0.2) is 0 Å². The average Bonchev–Trinajstić information content (AvgIpc) is 3.08. The van der Waals surface area contributed by atoms with Crippen molar-refractivity contribution in [2.75, 3.05) is 10.6 Å². The molecule has 0 radical (unpaired) electrons. The molecule has 0 aliphatic carbocycles. The predicted octanol–water partition coefficient (Wildman–Crippen LogP) is 2.78. The zero-order valence-electron chi connectivity index (χ0n) is 12.1. The van der Waals surface area contributed by atoms with Crippen LogP contribution in [-0.2, 0) is 22.4 Å². The van der Waals surface area contributed by atoms with Crippen molar-refractivity contribution in [3.8, 4) is 5.75 Å². The van der Waals surface area contributed by atoms with Crippen molar-refractivity contribution in [2.45, 2.75) is 18.9 Å². The molecular weight excluding hydrogens is 316 g/mol. The Labute approximate surface area is 137 Å². The van der Waals surface area contributed by atoms with Gasteiger partial charge in [-0.1, -0.05) is 11.6 Å². The van der Waals surface area contributed by atoms with Crippen LogP contribution in [0, 0.1) is 0 Å². The number of fused-ring (bicyclic) bond motifs is 2. The van der Waals surface area contributed by atoms with E-state index in [0.29, 0.717) is 29.3 Å². The SMILES string of the molecule is O=C1Cc2cc(NC(=O)[C@H]3Cc4cc(Cl)ccc4O3)ccc2N1. The number of carbonyl (C=O) groups excluding carboxylic acids is 2. The number of hydrogen-bond acceptors (Lipinski definition) is 3. The first-order chi connectivity index (χ1) is 11.1. The first kappa shape index (κ1) is 14.1. The van der Waals surface area contributed by atoms with Crippen LogP contribution in [0.2, 0.25) is 5.02 Å². The van der Waals surface area contributed by atoms with Gasteiger partial charge in [-0.2, -0.15) is 0 Å². The summed E-state index contributed by atoms with van der Waals surface area (Å²) >= 11 is 5.96. The minimum atomic E-state index is -0.573. The molecule has 0 bridgehead atoms. The minimum Gasteiger partial charge on any atom is -0.480 e. The van der Waals surface area contributed by atoms with E-state index in [1.807, 2.05) is 12.1 Å². The third-order valence-electron chi connectivity index (χ3n) is 3.99. The minimum absolute atomic E-state index is 0.0325. The highest BCUT2D eigenvalue weighted by Gasteiger charge is 2.29. The Bertz CT molecular complexity index is 835. The molecule has 0 spiro atoms. The quantitative estimate of drug-likeness (QED) is 0.890. The lowest BCUT2D eigenvalue weighted by molar-refractivity contribution is -0.122. The zero-order valence-corrected chi connectivity index (χ0v) is 12.8. The number of halogens is 1. The van der Waals surface area contributed by atoms with Gasteiger partial charge in [0.15, 0.2) is 6.10 Å². The fourth-order valence-electron chi connectivity index (χ4n) is 2.89. The van der Waals surface area contributed by atoms with Gasteiger partial charge in [0.05, 0.1) is 6.42 Å². The van der Waals surface area contributed by atoms with Gasteiger partial charge in [0, 0.05) is 22.8 Å². The molecule has 2 heterocycles. The van der Waals surface area contributed by atoms with Crippen molar-refractivity contribution in [1.82, 2.24) is 0 Å². The first-order valence-corrected chi connectivity index (χ1v) is 7.65. The van der Waals surface area contributed by atoms with E-state index >= 15 is 0 Å². The number of anilines is 2. The van der Waals surface area contributed by atoms with Crippen LogP contribution in [0.5, 0.6) is 5.75 Å². The van der Waals surface area contributed by atoms with Crippen LogP contribution < -0.4 is 15.4 Å². The monoisotopic (exact) mass is 328 g/mol. The number of nitrogens with one attached hydrogen (secondary N) is 2. The summed E-state index contributed by atoms with van der Waals surface area (Å²) in [5.41, 5.74) is 3.27. The zero-order chi connectivity index (χ0) is 16.0. The summed E-state index contributed by atoms with van der Waals surface area (Å²) in [5.74, 6) is 0.447. The molecule has 2 aromatic rings. The first-order valence-electron chi connectivity index (χ1n) is 7.27. The highest BCUT2D eigenvalue weighted by Crippen LogP contribution is 2.32. The summed E-state index contributed by atoms with van der Waals surface area (Å²) in [6.07, 6.45) is 0.256. The summed E-state index contributed by atoms with van der Waals surface area (Å²) < 4.78 is 5.67. The van der Waals surface area contributed by atoms with Crippen LogP contribution in [-0.4, -0.2) is 17.9 Å². The Morgan fingerprint density at radius 2 is 2.09 bits per heavy atom. The van der Waals surface area contributed by atoms with E-state index < -0.39 is 6.10 Å². The lowest BCUT2D eigenvalue weighted by Crippen LogP contribution is -2.31. The van der Waals surface area contributed by atoms with Crippen LogP contribution >= 0.6 is 11.6 Å². The second-order valence-corrected chi connectivity index (χ2v) is 6.09. The highest BCUT2D eigenvalue weighted by molar-refractivity contribution is 6.30. The molecule has 0 saturated heterocycles. The van der Waals surface area contributed by atoms with E-state index in [1.54, 1.807) is 24.3 Å². The van der Waals surface area contributed by atoms with Gasteiger partial charge < -0.3 is 15.4 Å². The Morgan fingerprint density at radius 1 is 1.22 bits per heavy atom. The van der Waals surface area contributed by atoms with E-state index in [9.17, 15) is 9.59 Å². The van der Waals surface area contributed by atoms with Crippen molar-refractivity contribution in [2.24, 2.45) is 0 Å². The number of rotatable bonds is 2. The van der Waals surface area contributed by atoms with Crippen molar-refractivity contribution in [1.29, 1.82) is 0 Å². The Kier molecular flexibility index (Phi) is 3.23. The van der Waals surface area contributed by atoms with Gasteiger partial charge in [0.2, 0.25) is 5.91 Å². The second-order valence-electron chi connectivity index (χ2n) is 5.65. The molecule has 2 amide bonds. The topological polar surface area (TPSA) is 67.4 Å². The average molecular weight is 329 g/mol. The van der Waals surface area contributed by atoms with Crippen LogP contribution in [0.1, 0.15) is 11.1 Å². The molecule has 2 aromatic carbocycles. The number of hydrogen-bond donors (Lipinski definition) is 2. The van der Waals surface area contributed by atoms with Gasteiger partial charge >= 0.3 is 0 Å². The fraction of sp³-hybridized carbons (Fsp3) is 0.176. The molecule has 5 nitrogen and oxygen atoms in total. The summed E-state index contributed by atoms with van der Waals surface area (Å²) in [6, 6.07) is 10.7. The van der Waals surface area contributed by atoms with Crippen molar-refractivity contribution in [3.05, 3.63) is 52.5 Å². The van der Waals surface area contributed by atoms with Gasteiger partial charge in [0.25, 0.3) is 5.91 Å². The van der Waals surface area contributed by atoms with E-state index in [0.717, 1.165) is 16.8 Å². The Hall–Kier alpha value is -2.53. The summed E-state index contributed by atoms with van der Waals surface area (Å²) in [4.78, 5) is 23.7. The number of benzene rings is 2. The molecule has 116 valence electrons. The highest BCUT2D eigenvalue weighted by atomic mass is 35.5. The van der Waals surface area contributed by atoms with Crippen LogP contribution in [0.15, 0.2) is 36.4 Å². The smallest absolute Gasteiger partial charge is 0.265 e. The molecule has 4 rings (SSSR count). The van der Waals surface area contributed by atoms with Gasteiger partial charge in [-0.15, -0.1) is 0 Å². The molecule has 0 saturated carbocycles. The van der Waals surface area contributed by atoms with E-state index in [1.165, 1.54) is 0 Å². The van der Waals surface area contributed by atoms with Crippen molar-refractivity contribution in [3.63, 3.8) is 0 Å². The Balaban J connectivity index is 1.47. The van der Waals surface area contributed by atoms with E-state index in [-0.39, 0.29) is 11.8 Å². The van der Waals surface area contributed by atoms with Crippen LogP contribution in [0.4, 0.5) is 11.4 Å². The third-order valence-corrected chi connectivity index (χ3v) is 4.22. The van der Waals surface area contributed by atoms with E-state index in [2.05, 4.69) is 10.6 Å². The van der Waals surface area contributed by atoms with Crippen molar-refractivity contribution < 1.29 is 14.3 Å². The van der Waals surface area contributed by atoms with Crippen molar-refractivity contribution >= 4 is 34.8 Å². The molecule has 23 heavy (non-hydrogen) atoms. The molecule has 1 atom stereocenters. The maximum atomic E-state index is 12.4. The van der Waals surface area contributed by atoms with Crippen LogP contribution in [0.25, 0.3) is 0 Å². The summed E-state index contributed by atoms with van der Waals surface area (Å²) in [5, 5.41) is 6.23. The van der Waals surface area contributed by atoms with Gasteiger partial charge in [0.1, 0.15) is 5.75 Å². The molecule has 0 aromatic heterocycles. The molecule has 0 unspecified atom stereocenters. The number of carbonyl (C=O) groups is 2. The lowest BCUT2D eigenvalue weighted by Gasteiger charge is -2.12. The maximum absolute atomic E-state index is 12.4. The Morgan fingerprint density at radius 3 is 2.96 bits per heavy atom.